The van der Waals surface area contributed by atoms with Crippen molar-refractivity contribution in [2.24, 2.45) is 0 Å². The summed E-state index contributed by atoms with van der Waals surface area (Å²) in [6, 6.07) is 4.17. The number of benzene rings is 1. The molecule has 0 aliphatic rings. The number of H-pyrrole nitrogens is 1. The quantitative estimate of drug-likeness (QED) is 0.716. The van der Waals surface area contributed by atoms with Gasteiger partial charge in [-0.3, -0.25) is 5.10 Å². The van der Waals surface area contributed by atoms with E-state index >= 15 is 0 Å². The average Bonchev–Trinajstić information content (AvgIpc) is 3.12. The summed E-state index contributed by atoms with van der Waals surface area (Å²) in [6.45, 7) is 0. The van der Waals surface area contributed by atoms with E-state index in [1.165, 1.54) is 12.3 Å². The Balaban J connectivity index is 2.08. The van der Waals surface area contributed by atoms with Crippen molar-refractivity contribution >= 4 is 15.9 Å². The molecule has 0 unspecified atom stereocenters. The number of hydrogen-bond acceptors (Lipinski definition) is 5. The molecule has 9 heteroatoms. The molecule has 6 nitrogen and oxygen atoms in total. The molecule has 3 aromatic rings. The number of aromatic amines is 1. The number of rotatable bonds is 2. The van der Waals surface area contributed by atoms with Gasteiger partial charge in [-0.25, -0.2) is 8.78 Å². The third-order valence-corrected chi connectivity index (χ3v) is 3.46. The minimum absolute atomic E-state index is 0.0481. The zero-order chi connectivity index (χ0) is 15.0. The van der Waals surface area contributed by atoms with Crippen LogP contribution >= 0.6 is 15.9 Å². The van der Waals surface area contributed by atoms with E-state index < -0.39 is 11.6 Å². The lowest BCUT2D eigenvalue weighted by atomic mass is 10.2. The van der Waals surface area contributed by atoms with Gasteiger partial charge in [-0.05, 0) is 28.1 Å². The monoisotopic (exact) mass is 351 g/mol. The normalized spacial score (nSPS) is 10.6. The fraction of sp³-hybridized carbons (Fsp3) is 0. The maximum atomic E-state index is 13.5. The summed E-state index contributed by atoms with van der Waals surface area (Å²) >= 11 is 2.95. The Morgan fingerprint density at radius 2 is 2.10 bits per heavy atom. The van der Waals surface area contributed by atoms with Crippen molar-refractivity contribution in [1.82, 2.24) is 20.3 Å². The predicted molar refractivity (Wildman–Crippen MR) is 69.6 cm³/mol. The highest BCUT2D eigenvalue weighted by atomic mass is 79.9. The Kier molecular flexibility index (Phi) is 3.23. The van der Waals surface area contributed by atoms with E-state index in [2.05, 4.69) is 36.3 Å². The predicted octanol–water partition coefficient (Wildman–Crippen LogP) is 3.04. The number of hydrogen-bond donors (Lipinski definition) is 1. The molecular weight excluding hydrogens is 348 g/mol. The van der Waals surface area contributed by atoms with Gasteiger partial charge in [0.15, 0.2) is 11.6 Å². The zero-order valence-electron chi connectivity index (χ0n) is 10.1. The molecule has 0 amide bonds. The Hall–Kier alpha value is -2.60. The topological polar surface area (TPSA) is 91.4 Å². The third kappa shape index (κ3) is 2.19. The van der Waals surface area contributed by atoms with Crippen LogP contribution in [0.5, 0.6) is 0 Å². The van der Waals surface area contributed by atoms with Crippen LogP contribution in [0.2, 0.25) is 0 Å². The maximum absolute atomic E-state index is 13.5. The second-order valence-electron chi connectivity index (χ2n) is 3.92. The Labute approximate surface area is 124 Å². The first-order valence-corrected chi connectivity index (χ1v) is 6.32. The van der Waals surface area contributed by atoms with Gasteiger partial charge in [-0.2, -0.15) is 15.3 Å². The van der Waals surface area contributed by atoms with Crippen LogP contribution in [-0.2, 0) is 0 Å². The summed E-state index contributed by atoms with van der Waals surface area (Å²) in [5, 5.41) is 18.8. The molecule has 0 spiro atoms. The van der Waals surface area contributed by atoms with Crippen molar-refractivity contribution in [3.8, 4) is 28.9 Å². The van der Waals surface area contributed by atoms with Crippen molar-refractivity contribution < 1.29 is 13.3 Å². The molecule has 0 fully saturated rings. The number of nitriles is 1. The molecule has 0 radical (unpaired) electrons. The van der Waals surface area contributed by atoms with Crippen LogP contribution < -0.4 is 0 Å². The van der Waals surface area contributed by atoms with Crippen LogP contribution in [0.4, 0.5) is 8.78 Å². The van der Waals surface area contributed by atoms with Crippen molar-refractivity contribution in [2.75, 3.05) is 0 Å². The van der Waals surface area contributed by atoms with Gasteiger partial charge in [-0.1, -0.05) is 5.16 Å². The number of nitrogens with zero attached hydrogens (tertiary/aromatic N) is 4. The fourth-order valence-corrected chi connectivity index (χ4v) is 2.17. The first-order chi connectivity index (χ1) is 10.1. The third-order valence-electron chi connectivity index (χ3n) is 2.68. The van der Waals surface area contributed by atoms with Crippen LogP contribution in [0.25, 0.3) is 22.8 Å². The van der Waals surface area contributed by atoms with Crippen molar-refractivity contribution in [3.63, 3.8) is 0 Å². The molecule has 21 heavy (non-hydrogen) atoms. The highest BCUT2D eigenvalue weighted by Crippen LogP contribution is 2.31. The molecule has 0 atom stereocenters. The molecule has 0 aliphatic heterocycles. The molecule has 0 bridgehead atoms. The van der Waals surface area contributed by atoms with Gasteiger partial charge < -0.3 is 4.52 Å². The summed E-state index contributed by atoms with van der Waals surface area (Å²) in [5.41, 5.74) is 0.718. The number of halogens is 3. The van der Waals surface area contributed by atoms with E-state index in [9.17, 15) is 8.78 Å². The Morgan fingerprint density at radius 3 is 2.86 bits per heavy atom. The van der Waals surface area contributed by atoms with Gasteiger partial charge in [0.05, 0.1) is 16.2 Å². The van der Waals surface area contributed by atoms with E-state index in [0.717, 1.165) is 6.07 Å². The molecule has 2 aromatic heterocycles. The van der Waals surface area contributed by atoms with Crippen LogP contribution in [-0.4, -0.2) is 20.3 Å². The summed E-state index contributed by atoms with van der Waals surface area (Å²) in [4.78, 5) is 4.06. The Morgan fingerprint density at radius 1 is 1.29 bits per heavy atom. The summed E-state index contributed by atoms with van der Waals surface area (Å²) in [7, 11) is 0. The van der Waals surface area contributed by atoms with Gasteiger partial charge >= 0.3 is 0 Å². The second kappa shape index (κ2) is 5.06. The highest BCUT2D eigenvalue weighted by Gasteiger charge is 2.19. The zero-order valence-corrected chi connectivity index (χ0v) is 11.6. The summed E-state index contributed by atoms with van der Waals surface area (Å²) in [6.07, 6.45) is 1.36. The smallest absolute Gasteiger partial charge is 0.262 e. The molecule has 0 saturated heterocycles. The molecule has 104 valence electrons. The van der Waals surface area contributed by atoms with Crippen LogP contribution in [0.3, 0.4) is 0 Å². The molecule has 1 N–H and O–H groups in total. The van der Waals surface area contributed by atoms with Crippen molar-refractivity contribution in [3.05, 3.63) is 40.1 Å². The highest BCUT2D eigenvalue weighted by molar-refractivity contribution is 9.10. The van der Waals surface area contributed by atoms with Gasteiger partial charge in [0.2, 0.25) is 5.82 Å². The lowest BCUT2D eigenvalue weighted by molar-refractivity contribution is 0.432. The van der Waals surface area contributed by atoms with E-state index in [4.69, 9.17) is 9.78 Å². The molecule has 0 saturated carbocycles. The van der Waals surface area contributed by atoms with Crippen LogP contribution in [0.15, 0.2) is 27.3 Å². The lowest BCUT2D eigenvalue weighted by Crippen LogP contribution is -1.90. The van der Waals surface area contributed by atoms with Gasteiger partial charge in [0.1, 0.15) is 11.8 Å². The minimum atomic E-state index is -1.04. The first-order valence-electron chi connectivity index (χ1n) is 5.53. The van der Waals surface area contributed by atoms with Crippen molar-refractivity contribution in [2.45, 2.75) is 0 Å². The van der Waals surface area contributed by atoms with Crippen LogP contribution in [0, 0.1) is 23.0 Å². The van der Waals surface area contributed by atoms with E-state index in [1.807, 2.05) is 6.07 Å². The van der Waals surface area contributed by atoms with E-state index in [-0.39, 0.29) is 27.4 Å². The maximum Gasteiger partial charge on any atom is 0.262 e. The van der Waals surface area contributed by atoms with E-state index in [0.29, 0.717) is 5.56 Å². The molecule has 2 heterocycles. The molecule has 0 aliphatic carbocycles. The van der Waals surface area contributed by atoms with Gasteiger partial charge in [-0.15, -0.1) is 0 Å². The number of nitrogens with one attached hydrogen (secondary N) is 1. The lowest BCUT2D eigenvalue weighted by Gasteiger charge is -2.00. The Bertz CT molecular complexity index is 867. The average molecular weight is 352 g/mol. The largest absolute Gasteiger partial charge is 0.333 e. The first kappa shape index (κ1) is 13.4. The standard InChI is InChI=1S/C12H4BrF2N5O/c13-9-5(1-2-7(14)10(9)15)11-18-12(21-20-11)6-4-17-19-8(6)3-16/h1-2,4H,(H,17,19). The SMILES string of the molecule is N#Cc1[nH]ncc1-c1nc(-c2ccc(F)c(F)c2Br)no1. The molecule has 3 rings (SSSR count). The van der Waals surface area contributed by atoms with E-state index in [1.54, 1.807) is 0 Å². The fourth-order valence-electron chi connectivity index (χ4n) is 1.67. The minimum Gasteiger partial charge on any atom is -0.333 e. The second-order valence-corrected chi connectivity index (χ2v) is 4.71. The summed E-state index contributed by atoms with van der Waals surface area (Å²) < 4.78 is 31.5. The number of aromatic nitrogens is 4. The molecular formula is C12H4BrF2N5O. The molecule has 1 aromatic carbocycles. The van der Waals surface area contributed by atoms with Gasteiger partial charge in [0.25, 0.3) is 5.89 Å². The van der Waals surface area contributed by atoms with Crippen LogP contribution in [0.1, 0.15) is 5.69 Å². The van der Waals surface area contributed by atoms with Gasteiger partial charge in [0, 0.05) is 5.56 Å². The van der Waals surface area contributed by atoms with Crippen molar-refractivity contribution in [1.29, 1.82) is 5.26 Å². The summed E-state index contributed by atoms with van der Waals surface area (Å²) in [5.74, 6) is -1.93.